The van der Waals surface area contributed by atoms with Crippen LogP contribution in [0.25, 0.3) is 0 Å². The zero-order valence-corrected chi connectivity index (χ0v) is 5.29. The summed E-state index contributed by atoms with van der Waals surface area (Å²) in [4.78, 5) is 10.4. The van der Waals surface area contributed by atoms with E-state index in [1.165, 1.54) is 6.08 Å². The Hall–Kier alpha value is -0.830. The van der Waals surface area contributed by atoms with Gasteiger partial charge in [-0.05, 0) is 13.0 Å². The van der Waals surface area contributed by atoms with E-state index in [1.54, 1.807) is 6.92 Å². The molecule has 0 bridgehead atoms. The van der Waals surface area contributed by atoms with Crippen LogP contribution in [0.5, 0.6) is 0 Å². The Kier molecular flexibility index (Phi) is 4.82. The Labute approximate surface area is 53.9 Å². The maximum Gasteiger partial charge on any atom is 0.330 e. The predicted molar refractivity (Wildman–Crippen MR) is 31.3 cm³/mol. The summed E-state index contributed by atoms with van der Waals surface area (Å²) in [6.07, 6.45) is 2.36. The summed E-state index contributed by atoms with van der Waals surface area (Å²) in [6, 6.07) is 0. The number of carbonyl (C=O) groups excluding carboxylic acids is 1. The first-order valence-electron chi connectivity index (χ1n) is 2.72. The van der Waals surface area contributed by atoms with Gasteiger partial charge in [-0.15, -0.1) is 0 Å². The van der Waals surface area contributed by atoms with Gasteiger partial charge in [-0.25, -0.2) is 9.90 Å². The lowest BCUT2D eigenvalue weighted by Crippen LogP contribution is -1.98. The molecule has 0 amide bonds. The highest BCUT2D eigenvalue weighted by Crippen LogP contribution is 1.79. The molecular formula is C6H9O3. The van der Waals surface area contributed by atoms with Gasteiger partial charge in [0.05, 0.1) is 6.61 Å². The third-order valence-electron chi connectivity index (χ3n) is 0.637. The highest BCUT2D eigenvalue weighted by Gasteiger charge is 1.90. The molecule has 0 N–H and O–H groups in total. The van der Waals surface area contributed by atoms with Gasteiger partial charge in [0.2, 0.25) is 0 Å². The molecule has 0 aromatic heterocycles. The van der Waals surface area contributed by atoms with Crippen LogP contribution < -0.4 is 0 Å². The van der Waals surface area contributed by atoms with Gasteiger partial charge >= 0.3 is 5.97 Å². The van der Waals surface area contributed by atoms with Gasteiger partial charge in [-0.1, -0.05) is 0 Å². The van der Waals surface area contributed by atoms with Crippen molar-refractivity contribution in [1.82, 2.24) is 0 Å². The Morgan fingerprint density at radius 1 is 1.67 bits per heavy atom. The van der Waals surface area contributed by atoms with Crippen LogP contribution in [-0.2, 0) is 14.6 Å². The maximum atomic E-state index is 10.4. The smallest absolute Gasteiger partial charge is 0.330 e. The summed E-state index contributed by atoms with van der Waals surface area (Å²) in [5, 5.41) is 9.74. The standard InChI is InChI=1S/C6H9O3/c1-2-9-6(8)4-3-5-7/h3-4H,2,5H2,1H3. The van der Waals surface area contributed by atoms with Crippen molar-refractivity contribution in [3.63, 3.8) is 0 Å². The molecule has 0 aliphatic rings. The van der Waals surface area contributed by atoms with Crippen molar-refractivity contribution in [3.05, 3.63) is 12.2 Å². The summed E-state index contributed by atoms with van der Waals surface area (Å²) in [6.45, 7) is 1.68. The molecule has 0 aromatic rings. The average molecular weight is 129 g/mol. The van der Waals surface area contributed by atoms with E-state index < -0.39 is 5.97 Å². The van der Waals surface area contributed by atoms with Gasteiger partial charge in [0.1, 0.15) is 6.61 Å². The second kappa shape index (κ2) is 5.31. The minimum Gasteiger partial charge on any atom is -0.463 e. The molecule has 3 nitrogen and oxygen atoms in total. The van der Waals surface area contributed by atoms with Crippen LogP contribution >= 0.6 is 0 Å². The van der Waals surface area contributed by atoms with Crippen molar-refractivity contribution in [2.24, 2.45) is 0 Å². The number of hydrogen-bond acceptors (Lipinski definition) is 2. The Bertz CT molecular complexity index is 107. The largest absolute Gasteiger partial charge is 0.463 e. The fraction of sp³-hybridized carbons (Fsp3) is 0.500. The Balaban J connectivity index is 3.37. The number of ether oxygens (including phenoxy) is 1. The van der Waals surface area contributed by atoms with E-state index in [0.29, 0.717) is 6.61 Å². The van der Waals surface area contributed by atoms with Crippen molar-refractivity contribution < 1.29 is 14.6 Å². The first kappa shape index (κ1) is 8.17. The molecule has 0 atom stereocenters. The number of esters is 1. The molecule has 0 saturated heterocycles. The normalized spacial score (nSPS) is 10.0. The van der Waals surface area contributed by atoms with Crippen molar-refractivity contribution >= 4 is 5.97 Å². The lowest BCUT2D eigenvalue weighted by atomic mass is 10.5. The van der Waals surface area contributed by atoms with E-state index in [2.05, 4.69) is 4.74 Å². The van der Waals surface area contributed by atoms with Crippen molar-refractivity contribution in [1.29, 1.82) is 0 Å². The van der Waals surface area contributed by atoms with Crippen LogP contribution in [0.1, 0.15) is 6.92 Å². The van der Waals surface area contributed by atoms with Crippen molar-refractivity contribution in [2.45, 2.75) is 6.92 Å². The second-order valence-corrected chi connectivity index (χ2v) is 1.32. The van der Waals surface area contributed by atoms with E-state index in [1.807, 2.05) is 0 Å². The lowest BCUT2D eigenvalue weighted by molar-refractivity contribution is -0.137. The molecule has 0 aliphatic heterocycles. The van der Waals surface area contributed by atoms with Crippen molar-refractivity contribution in [3.8, 4) is 0 Å². The highest BCUT2D eigenvalue weighted by atomic mass is 16.5. The molecule has 0 rings (SSSR count). The van der Waals surface area contributed by atoms with E-state index in [0.717, 1.165) is 6.08 Å². The zero-order chi connectivity index (χ0) is 7.11. The van der Waals surface area contributed by atoms with E-state index in [-0.39, 0.29) is 6.61 Å². The molecule has 0 unspecified atom stereocenters. The van der Waals surface area contributed by atoms with Crippen molar-refractivity contribution in [2.75, 3.05) is 13.2 Å². The minimum absolute atomic E-state index is 0.349. The van der Waals surface area contributed by atoms with Gasteiger partial charge in [-0.2, -0.15) is 0 Å². The minimum atomic E-state index is -0.451. The molecule has 0 heterocycles. The summed E-state index contributed by atoms with van der Waals surface area (Å²) in [7, 11) is 0. The monoisotopic (exact) mass is 129 g/mol. The fourth-order valence-electron chi connectivity index (χ4n) is 0.335. The number of carbonyl (C=O) groups is 1. The maximum absolute atomic E-state index is 10.4. The molecule has 0 aliphatic carbocycles. The first-order valence-corrected chi connectivity index (χ1v) is 2.72. The predicted octanol–water partition coefficient (Wildman–Crippen LogP) is 0.536. The van der Waals surface area contributed by atoms with Gasteiger partial charge in [0, 0.05) is 6.08 Å². The molecule has 0 saturated carbocycles. The van der Waals surface area contributed by atoms with Gasteiger partial charge < -0.3 is 4.74 Å². The van der Waals surface area contributed by atoms with Gasteiger partial charge in [-0.3, -0.25) is 0 Å². The number of hydrogen-bond donors (Lipinski definition) is 0. The van der Waals surface area contributed by atoms with E-state index in [4.69, 9.17) is 0 Å². The highest BCUT2D eigenvalue weighted by molar-refractivity contribution is 5.81. The molecule has 9 heavy (non-hydrogen) atoms. The third kappa shape index (κ3) is 5.03. The molecule has 1 radical (unpaired) electrons. The topological polar surface area (TPSA) is 46.2 Å². The number of rotatable bonds is 3. The third-order valence-corrected chi connectivity index (χ3v) is 0.637. The molecule has 0 fully saturated rings. The molecular weight excluding hydrogens is 120 g/mol. The molecule has 3 heteroatoms. The molecule has 51 valence electrons. The summed E-state index contributed by atoms with van der Waals surface area (Å²) < 4.78 is 4.48. The fourth-order valence-corrected chi connectivity index (χ4v) is 0.335. The average Bonchev–Trinajstić information content (AvgIpc) is 1.85. The van der Waals surface area contributed by atoms with E-state index in [9.17, 15) is 9.90 Å². The summed E-state index contributed by atoms with van der Waals surface area (Å²) in [5.41, 5.74) is 0. The first-order chi connectivity index (χ1) is 4.31. The summed E-state index contributed by atoms with van der Waals surface area (Å²) >= 11 is 0. The van der Waals surface area contributed by atoms with Crippen LogP contribution in [0.15, 0.2) is 12.2 Å². The van der Waals surface area contributed by atoms with Crippen LogP contribution in [0.2, 0.25) is 0 Å². The van der Waals surface area contributed by atoms with Crippen LogP contribution in [-0.4, -0.2) is 19.2 Å². The lowest BCUT2D eigenvalue weighted by Gasteiger charge is -1.92. The van der Waals surface area contributed by atoms with E-state index >= 15 is 0 Å². The van der Waals surface area contributed by atoms with Gasteiger partial charge in [0.25, 0.3) is 0 Å². The SMILES string of the molecule is CCOC(=O)C=CC[O]. The Morgan fingerprint density at radius 3 is 2.78 bits per heavy atom. The second-order valence-electron chi connectivity index (χ2n) is 1.32. The molecule has 0 aromatic carbocycles. The van der Waals surface area contributed by atoms with Crippen LogP contribution in [0.3, 0.4) is 0 Å². The van der Waals surface area contributed by atoms with Gasteiger partial charge in [0.15, 0.2) is 0 Å². The quantitative estimate of drug-likeness (QED) is 0.412. The van der Waals surface area contributed by atoms with Crippen LogP contribution in [0.4, 0.5) is 0 Å². The summed E-state index contributed by atoms with van der Waals surface area (Å²) in [5.74, 6) is -0.451. The Morgan fingerprint density at radius 2 is 2.33 bits per heavy atom. The molecule has 0 spiro atoms. The zero-order valence-electron chi connectivity index (χ0n) is 5.29. The van der Waals surface area contributed by atoms with Crippen LogP contribution in [0, 0.1) is 0 Å².